The van der Waals surface area contributed by atoms with E-state index in [0.29, 0.717) is 30.5 Å². The molecule has 8 heteroatoms. The molecule has 0 unspecified atom stereocenters. The fourth-order valence-electron chi connectivity index (χ4n) is 4.47. The smallest absolute Gasteiger partial charge is 0.335 e. The molecule has 2 aliphatic rings. The Hall–Kier alpha value is -2.87. The van der Waals surface area contributed by atoms with Crippen LogP contribution >= 0.6 is 0 Å². The van der Waals surface area contributed by atoms with E-state index in [0.717, 1.165) is 47.6 Å². The van der Waals surface area contributed by atoms with E-state index in [1.54, 1.807) is 0 Å². The third-order valence-electron chi connectivity index (χ3n) is 7.54. The van der Waals surface area contributed by atoms with Gasteiger partial charge in [0.05, 0.1) is 18.4 Å². The van der Waals surface area contributed by atoms with Crippen LogP contribution < -0.4 is 9.74 Å². The number of esters is 1. The number of aromatic nitrogens is 1. The van der Waals surface area contributed by atoms with Gasteiger partial charge in [-0.05, 0) is 74.0 Å². The first-order valence-corrected chi connectivity index (χ1v) is 15.3. The van der Waals surface area contributed by atoms with E-state index in [-0.39, 0.29) is 23.3 Å². The maximum Gasteiger partial charge on any atom is 0.335 e. The summed E-state index contributed by atoms with van der Waals surface area (Å²) in [6, 6.07) is 6.24. The van der Waals surface area contributed by atoms with Crippen molar-refractivity contribution >= 4 is 20.2 Å². The monoisotopic (exact) mass is 496 g/mol. The summed E-state index contributed by atoms with van der Waals surface area (Å²) in [7, 11) is -0.547. The van der Waals surface area contributed by atoms with Gasteiger partial charge in [-0.15, -0.1) is 0 Å². The Morgan fingerprint density at radius 3 is 2.63 bits per heavy atom. The van der Waals surface area contributed by atoms with Gasteiger partial charge in [0.15, 0.2) is 5.76 Å². The van der Waals surface area contributed by atoms with Crippen molar-refractivity contribution in [1.29, 1.82) is 0 Å². The number of methoxy groups -OCH3 is 1. The molecule has 1 N–H and O–H groups in total. The van der Waals surface area contributed by atoms with Crippen molar-refractivity contribution in [3.8, 4) is 17.1 Å². The number of rotatable bonds is 7. The van der Waals surface area contributed by atoms with Crippen LogP contribution in [0.25, 0.3) is 11.3 Å². The van der Waals surface area contributed by atoms with Crippen LogP contribution in [0.2, 0.25) is 18.1 Å². The summed E-state index contributed by atoms with van der Waals surface area (Å²) in [5.41, 5.74) is 5.44. The van der Waals surface area contributed by atoms with Crippen molar-refractivity contribution in [2.75, 3.05) is 7.11 Å². The summed E-state index contributed by atoms with van der Waals surface area (Å²) in [5.74, 6) is 1.23. The molecule has 1 heterocycles. The lowest BCUT2D eigenvalue weighted by Crippen LogP contribution is -2.43. The van der Waals surface area contributed by atoms with E-state index < -0.39 is 8.32 Å². The molecule has 7 nitrogen and oxygen atoms in total. The molecule has 1 amide bonds. The van der Waals surface area contributed by atoms with Crippen LogP contribution in [-0.4, -0.2) is 32.5 Å². The van der Waals surface area contributed by atoms with Gasteiger partial charge < -0.3 is 19.0 Å². The number of carbonyl (C=O) groups is 2. The van der Waals surface area contributed by atoms with E-state index >= 15 is 0 Å². The second kappa shape index (κ2) is 9.64. The first-order valence-electron chi connectivity index (χ1n) is 12.4. The molecular weight excluding hydrogens is 460 g/mol. The van der Waals surface area contributed by atoms with Crippen LogP contribution in [0.3, 0.4) is 0 Å². The maximum atomic E-state index is 12.6. The second-order valence-corrected chi connectivity index (χ2v) is 15.7. The number of hydrogen-bond donors (Lipinski definition) is 1. The number of nitrogens with one attached hydrogen (secondary N) is 1. The fourth-order valence-corrected chi connectivity index (χ4v) is 5.49. The van der Waals surface area contributed by atoms with Gasteiger partial charge in [-0.25, -0.2) is 4.79 Å². The molecule has 1 aromatic carbocycles. The fraction of sp³-hybridized carbons (Fsp3) is 0.519. The van der Waals surface area contributed by atoms with Gasteiger partial charge >= 0.3 is 5.97 Å². The number of nitrogens with zero attached hydrogens (tertiary/aromatic N) is 1. The minimum absolute atomic E-state index is 0.122. The number of fused-ring (bicyclic) bond motifs is 3. The molecule has 2 aliphatic carbocycles. The zero-order valence-electron chi connectivity index (χ0n) is 21.7. The number of allylic oxidation sites excluding steroid dienone is 1. The molecule has 1 aromatic heterocycles. The zero-order valence-corrected chi connectivity index (χ0v) is 22.7. The van der Waals surface area contributed by atoms with E-state index in [2.05, 4.69) is 56.5 Å². The van der Waals surface area contributed by atoms with E-state index in [1.165, 1.54) is 12.7 Å². The second-order valence-electron chi connectivity index (χ2n) is 11.0. The first kappa shape index (κ1) is 25.2. The topological polar surface area (TPSA) is 90.7 Å². The summed E-state index contributed by atoms with van der Waals surface area (Å²) in [4.78, 5) is 24.5. The Balaban J connectivity index is 1.43. The average Bonchev–Trinajstić information content (AvgIpc) is 3.42. The zero-order chi connectivity index (χ0) is 25.4. The lowest BCUT2D eigenvalue weighted by molar-refractivity contribution is -0.136. The van der Waals surface area contributed by atoms with Crippen molar-refractivity contribution in [3.63, 3.8) is 0 Å². The van der Waals surface area contributed by atoms with Crippen LogP contribution in [-0.2, 0) is 33.6 Å². The minimum atomic E-state index is -1.91. The van der Waals surface area contributed by atoms with Gasteiger partial charge in [-0.1, -0.05) is 25.9 Å². The summed E-state index contributed by atoms with van der Waals surface area (Å²) in [6.45, 7) is 11.2. The molecule has 0 radical (unpaired) electrons. The first-order chi connectivity index (χ1) is 16.5. The highest BCUT2D eigenvalue weighted by molar-refractivity contribution is 6.74. The standard InChI is InChI=1S/C27H36N2O5Si/c1-27(2,3)35(5,6)34-18-11-13-19-17(16-18)10-12-20-23(29-33-25(19)20)14-15-24(30)28-22-9-7-8-21(22)26(31)32-4/h11,13,16H,7-10,12,14-15H2,1-6H3,(H,28,30). The van der Waals surface area contributed by atoms with Crippen molar-refractivity contribution < 1.29 is 23.3 Å². The third-order valence-corrected chi connectivity index (χ3v) is 11.9. The Bertz CT molecular complexity index is 1170. The lowest BCUT2D eigenvalue weighted by Gasteiger charge is -2.36. The number of benzene rings is 1. The highest BCUT2D eigenvalue weighted by Crippen LogP contribution is 2.40. The molecule has 0 spiro atoms. The van der Waals surface area contributed by atoms with Crippen molar-refractivity contribution in [3.05, 3.63) is 46.3 Å². The van der Waals surface area contributed by atoms with Gasteiger partial charge in [0.25, 0.3) is 0 Å². The van der Waals surface area contributed by atoms with E-state index in [9.17, 15) is 9.59 Å². The minimum Gasteiger partial charge on any atom is -0.543 e. The van der Waals surface area contributed by atoms with Crippen molar-refractivity contribution in [1.82, 2.24) is 10.5 Å². The Labute approximate surface area is 208 Å². The predicted molar refractivity (Wildman–Crippen MR) is 137 cm³/mol. The van der Waals surface area contributed by atoms with Crippen LogP contribution in [0.5, 0.6) is 5.75 Å². The molecule has 0 atom stereocenters. The van der Waals surface area contributed by atoms with Crippen LogP contribution in [0.1, 0.15) is 63.3 Å². The van der Waals surface area contributed by atoms with Crippen molar-refractivity contribution in [2.24, 2.45) is 0 Å². The third kappa shape index (κ3) is 5.22. The highest BCUT2D eigenvalue weighted by atomic mass is 28.4. The number of carbonyl (C=O) groups excluding carboxylic acids is 2. The van der Waals surface area contributed by atoms with Gasteiger partial charge in [-0.3, -0.25) is 4.79 Å². The van der Waals surface area contributed by atoms with Crippen molar-refractivity contribution in [2.45, 2.75) is 83.8 Å². The number of hydrogen-bond acceptors (Lipinski definition) is 6. The molecule has 4 rings (SSSR count). The predicted octanol–water partition coefficient (Wildman–Crippen LogP) is 5.48. The molecule has 0 saturated heterocycles. The number of ether oxygens (including phenoxy) is 1. The molecule has 0 fully saturated rings. The largest absolute Gasteiger partial charge is 0.543 e. The Morgan fingerprint density at radius 2 is 1.91 bits per heavy atom. The summed E-state index contributed by atoms with van der Waals surface area (Å²) in [5, 5.41) is 7.35. The Kier molecular flexibility index (Phi) is 6.95. The van der Waals surface area contributed by atoms with Gasteiger partial charge in [0.1, 0.15) is 5.75 Å². The Morgan fingerprint density at radius 1 is 1.14 bits per heavy atom. The highest BCUT2D eigenvalue weighted by Gasteiger charge is 2.39. The molecule has 2 aromatic rings. The molecule has 0 bridgehead atoms. The number of aryl methyl sites for hydroxylation is 2. The molecule has 35 heavy (non-hydrogen) atoms. The molecule has 188 valence electrons. The molecule has 0 saturated carbocycles. The normalized spacial score (nSPS) is 15.5. The van der Waals surface area contributed by atoms with Gasteiger partial charge in [0.2, 0.25) is 14.2 Å². The van der Waals surface area contributed by atoms with Crippen LogP contribution in [0.4, 0.5) is 0 Å². The van der Waals surface area contributed by atoms with E-state index in [4.69, 9.17) is 13.7 Å². The van der Waals surface area contributed by atoms with Crippen LogP contribution in [0, 0.1) is 0 Å². The summed E-state index contributed by atoms with van der Waals surface area (Å²) >= 11 is 0. The lowest BCUT2D eigenvalue weighted by atomic mass is 9.89. The van der Waals surface area contributed by atoms with Gasteiger partial charge in [0, 0.05) is 29.7 Å². The maximum absolute atomic E-state index is 12.6. The number of amides is 1. The summed E-state index contributed by atoms with van der Waals surface area (Å²) in [6.07, 6.45) is 4.65. The van der Waals surface area contributed by atoms with Crippen LogP contribution in [0.15, 0.2) is 34.0 Å². The average molecular weight is 497 g/mol. The van der Waals surface area contributed by atoms with Gasteiger partial charge in [-0.2, -0.15) is 0 Å². The molecular formula is C27H36N2O5Si. The SMILES string of the molecule is COC(=O)C1=C(NC(=O)CCc2noc3c2CCc2cc(O[Si](C)(C)C(C)(C)C)ccc2-3)CCC1. The quantitative estimate of drug-likeness (QED) is 0.403. The van der Waals surface area contributed by atoms with E-state index in [1.807, 2.05) is 6.07 Å². The summed E-state index contributed by atoms with van der Waals surface area (Å²) < 4.78 is 17.1. The molecule has 0 aliphatic heterocycles.